The fourth-order valence-corrected chi connectivity index (χ4v) is 2.53. The van der Waals surface area contributed by atoms with Gasteiger partial charge in [0, 0.05) is 12.2 Å². The van der Waals surface area contributed by atoms with E-state index in [0.29, 0.717) is 18.3 Å². The Morgan fingerprint density at radius 1 is 0.846 bits per heavy atom. The second-order valence-corrected chi connectivity index (χ2v) is 6.14. The Balaban J connectivity index is 1.45. The highest BCUT2D eigenvalue weighted by Crippen LogP contribution is 2.17. The number of halogens is 1. The molecule has 3 nitrogen and oxygen atoms in total. The van der Waals surface area contributed by atoms with Crippen LogP contribution in [0, 0.1) is 5.82 Å². The molecule has 0 spiro atoms. The molecule has 0 aliphatic carbocycles. The Labute approximate surface area is 157 Å². The van der Waals surface area contributed by atoms with Gasteiger partial charge in [0.2, 0.25) is 0 Å². The monoisotopic (exact) mass is 366 g/mol. The van der Waals surface area contributed by atoms with Gasteiger partial charge in [-0.05, 0) is 59.7 Å². The molecule has 26 heavy (non-hydrogen) atoms. The topological polar surface area (TPSA) is 33.3 Å². The lowest BCUT2D eigenvalue weighted by Crippen LogP contribution is -2.27. The molecule has 3 aromatic carbocycles. The van der Waals surface area contributed by atoms with Gasteiger partial charge in [-0.1, -0.05) is 42.5 Å². The van der Waals surface area contributed by atoms with Crippen molar-refractivity contribution in [3.05, 3.63) is 95.8 Å². The van der Waals surface area contributed by atoms with Crippen LogP contribution in [-0.4, -0.2) is 5.11 Å². The molecule has 0 unspecified atom stereocenters. The first-order valence-corrected chi connectivity index (χ1v) is 8.66. The minimum Gasteiger partial charge on any atom is -0.489 e. The van der Waals surface area contributed by atoms with Crippen LogP contribution in [0.25, 0.3) is 0 Å². The zero-order valence-electron chi connectivity index (χ0n) is 14.1. The molecular formula is C21H19FN2OS. The number of benzene rings is 3. The number of rotatable bonds is 6. The van der Waals surface area contributed by atoms with Crippen molar-refractivity contribution in [3.8, 4) is 5.75 Å². The summed E-state index contributed by atoms with van der Waals surface area (Å²) < 4.78 is 18.6. The zero-order valence-corrected chi connectivity index (χ0v) is 14.9. The van der Waals surface area contributed by atoms with Crippen LogP contribution in [0.1, 0.15) is 11.1 Å². The van der Waals surface area contributed by atoms with Crippen LogP contribution in [0.4, 0.5) is 10.1 Å². The van der Waals surface area contributed by atoms with E-state index < -0.39 is 0 Å². The summed E-state index contributed by atoms with van der Waals surface area (Å²) in [6.07, 6.45) is 0. The van der Waals surface area contributed by atoms with Crippen LogP contribution in [-0.2, 0) is 13.2 Å². The summed E-state index contributed by atoms with van der Waals surface area (Å²) in [5.74, 6) is 0.550. The summed E-state index contributed by atoms with van der Waals surface area (Å²) in [6.45, 7) is 1.07. The molecule has 5 heteroatoms. The molecular weight excluding hydrogens is 347 g/mol. The summed E-state index contributed by atoms with van der Waals surface area (Å²) in [5, 5.41) is 6.72. The van der Waals surface area contributed by atoms with Crippen molar-refractivity contribution in [2.45, 2.75) is 13.2 Å². The molecule has 0 saturated heterocycles. The van der Waals surface area contributed by atoms with Gasteiger partial charge in [0.1, 0.15) is 18.2 Å². The predicted molar refractivity (Wildman–Crippen MR) is 107 cm³/mol. The van der Waals surface area contributed by atoms with Gasteiger partial charge in [-0.25, -0.2) is 4.39 Å². The van der Waals surface area contributed by atoms with Crippen LogP contribution in [0.5, 0.6) is 5.75 Å². The lowest BCUT2D eigenvalue weighted by molar-refractivity contribution is 0.306. The Kier molecular flexibility index (Phi) is 6.17. The first kappa shape index (κ1) is 17.9. The van der Waals surface area contributed by atoms with Crippen molar-refractivity contribution >= 4 is 23.0 Å². The highest BCUT2D eigenvalue weighted by Gasteiger charge is 2.00. The fourth-order valence-electron chi connectivity index (χ4n) is 2.34. The van der Waals surface area contributed by atoms with E-state index in [1.165, 1.54) is 12.1 Å². The number of nitrogens with one attached hydrogen (secondary N) is 2. The van der Waals surface area contributed by atoms with Gasteiger partial charge in [-0.15, -0.1) is 0 Å². The third kappa shape index (κ3) is 5.57. The summed E-state index contributed by atoms with van der Waals surface area (Å²) in [5.41, 5.74) is 2.95. The van der Waals surface area contributed by atoms with Gasteiger partial charge in [0.25, 0.3) is 0 Å². The first-order chi connectivity index (χ1) is 12.7. The highest BCUT2D eigenvalue weighted by molar-refractivity contribution is 7.80. The second-order valence-electron chi connectivity index (χ2n) is 5.73. The summed E-state index contributed by atoms with van der Waals surface area (Å²) in [7, 11) is 0. The quantitative estimate of drug-likeness (QED) is 0.609. The number of thiocarbonyl (C=S) groups is 1. The Bertz CT molecular complexity index is 836. The van der Waals surface area contributed by atoms with Crippen LogP contribution >= 0.6 is 12.2 Å². The highest BCUT2D eigenvalue weighted by atomic mass is 32.1. The third-order valence-corrected chi connectivity index (χ3v) is 3.97. The standard InChI is InChI=1S/C21H19FN2OS/c22-18-8-6-16(7-9-18)14-23-21(26)24-19-10-12-20(13-11-19)25-15-17-4-2-1-3-5-17/h1-13H,14-15H2,(H2,23,24,26). The maximum Gasteiger partial charge on any atom is 0.171 e. The van der Waals surface area contributed by atoms with Crippen molar-refractivity contribution in [3.63, 3.8) is 0 Å². The molecule has 0 saturated carbocycles. The Morgan fingerprint density at radius 2 is 1.54 bits per heavy atom. The second kappa shape index (κ2) is 8.97. The summed E-state index contributed by atoms with van der Waals surface area (Å²) >= 11 is 5.28. The molecule has 0 atom stereocenters. The van der Waals surface area contributed by atoms with E-state index in [1.807, 2.05) is 54.6 Å². The minimum absolute atomic E-state index is 0.246. The van der Waals surface area contributed by atoms with Crippen molar-refractivity contribution in [1.82, 2.24) is 5.32 Å². The molecule has 2 N–H and O–H groups in total. The molecule has 0 radical (unpaired) electrons. The maximum absolute atomic E-state index is 12.9. The molecule has 0 aliphatic heterocycles. The number of hydrogen-bond acceptors (Lipinski definition) is 2. The van der Waals surface area contributed by atoms with Crippen molar-refractivity contribution < 1.29 is 9.13 Å². The van der Waals surface area contributed by atoms with Gasteiger partial charge in [0.05, 0.1) is 0 Å². The van der Waals surface area contributed by atoms with Gasteiger partial charge < -0.3 is 15.4 Å². The molecule has 0 amide bonds. The van der Waals surface area contributed by atoms with Crippen LogP contribution in [0.15, 0.2) is 78.9 Å². The molecule has 0 bridgehead atoms. The van der Waals surface area contributed by atoms with Crippen LogP contribution in [0.3, 0.4) is 0 Å². The maximum atomic E-state index is 12.9. The molecule has 0 aromatic heterocycles. The van der Waals surface area contributed by atoms with E-state index >= 15 is 0 Å². The SMILES string of the molecule is Fc1ccc(CNC(=S)Nc2ccc(OCc3ccccc3)cc2)cc1. The molecule has 0 fully saturated rings. The van der Waals surface area contributed by atoms with Crippen LogP contribution < -0.4 is 15.4 Å². The molecule has 3 rings (SSSR count). The summed E-state index contributed by atoms with van der Waals surface area (Å²) in [6, 6.07) is 24.0. The van der Waals surface area contributed by atoms with E-state index in [9.17, 15) is 4.39 Å². The smallest absolute Gasteiger partial charge is 0.171 e. The van der Waals surface area contributed by atoms with E-state index in [2.05, 4.69) is 10.6 Å². The lowest BCUT2D eigenvalue weighted by atomic mass is 10.2. The lowest BCUT2D eigenvalue weighted by Gasteiger charge is -2.11. The Morgan fingerprint density at radius 3 is 2.23 bits per heavy atom. The van der Waals surface area contributed by atoms with Crippen molar-refractivity contribution in [1.29, 1.82) is 0 Å². The van der Waals surface area contributed by atoms with Gasteiger partial charge in [-0.3, -0.25) is 0 Å². The zero-order chi connectivity index (χ0) is 18.2. The van der Waals surface area contributed by atoms with Crippen molar-refractivity contribution in [2.24, 2.45) is 0 Å². The van der Waals surface area contributed by atoms with E-state index in [0.717, 1.165) is 22.6 Å². The third-order valence-electron chi connectivity index (χ3n) is 3.73. The van der Waals surface area contributed by atoms with Gasteiger partial charge >= 0.3 is 0 Å². The van der Waals surface area contributed by atoms with Crippen LogP contribution in [0.2, 0.25) is 0 Å². The molecule has 132 valence electrons. The fraction of sp³-hybridized carbons (Fsp3) is 0.0952. The average Bonchev–Trinajstić information content (AvgIpc) is 2.68. The van der Waals surface area contributed by atoms with E-state index in [-0.39, 0.29) is 5.82 Å². The van der Waals surface area contributed by atoms with Gasteiger partial charge in [0.15, 0.2) is 5.11 Å². The van der Waals surface area contributed by atoms with E-state index in [1.54, 1.807) is 12.1 Å². The number of hydrogen-bond donors (Lipinski definition) is 2. The average molecular weight is 366 g/mol. The molecule has 3 aromatic rings. The Hall–Kier alpha value is -2.92. The minimum atomic E-state index is -0.246. The first-order valence-electron chi connectivity index (χ1n) is 8.25. The van der Waals surface area contributed by atoms with Gasteiger partial charge in [-0.2, -0.15) is 0 Å². The van der Waals surface area contributed by atoms with Crippen molar-refractivity contribution in [2.75, 3.05) is 5.32 Å². The number of ether oxygens (including phenoxy) is 1. The molecule has 0 heterocycles. The van der Waals surface area contributed by atoms with E-state index in [4.69, 9.17) is 17.0 Å². The molecule has 0 aliphatic rings. The largest absolute Gasteiger partial charge is 0.489 e. The number of anilines is 1. The normalized spacial score (nSPS) is 10.2. The predicted octanol–water partition coefficient (Wildman–Crippen LogP) is 4.89. The summed E-state index contributed by atoms with van der Waals surface area (Å²) in [4.78, 5) is 0.